The Kier molecular flexibility index (Phi) is 5.79. The van der Waals surface area contributed by atoms with Crippen LogP contribution in [0.5, 0.6) is 0 Å². The van der Waals surface area contributed by atoms with Gasteiger partial charge in [-0.1, -0.05) is 6.07 Å². The van der Waals surface area contributed by atoms with Gasteiger partial charge in [-0.15, -0.1) is 0 Å². The van der Waals surface area contributed by atoms with Crippen LogP contribution >= 0.6 is 0 Å². The van der Waals surface area contributed by atoms with E-state index in [0.29, 0.717) is 16.8 Å². The van der Waals surface area contributed by atoms with Gasteiger partial charge in [0.05, 0.1) is 10.5 Å². The van der Waals surface area contributed by atoms with Gasteiger partial charge in [-0.2, -0.15) is 0 Å². The van der Waals surface area contributed by atoms with Crippen LogP contribution in [0.25, 0.3) is 0 Å². The molecule has 0 spiro atoms. The molecule has 0 aliphatic rings. The van der Waals surface area contributed by atoms with Crippen LogP contribution in [0, 0.1) is 17.0 Å². The number of nitro benzene ring substituents is 1. The number of carbonyl (C=O) groups excluding carboxylic acids is 3. The molecule has 0 aliphatic carbocycles. The molecule has 0 radical (unpaired) electrons. The molecule has 1 amide bonds. The van der Waals surface area contributed by atoms with E-state index in [1.165, 1.54) is 19.1 Å². The molecule has 0 heterocycles. The number of carbonyl (C=O) groups is 3. The number of hydrogen-bond acceptors (Lipinski definition) is 6. The molecule has 0 aromatic heterocycles. The maximum absolute atomic E-state index is 11.9. The molecule has 0 fully saturated rings. The number of nitro groups is 1. The zero-order valence-corrected chi connectivity index (χ0v) is 14.1. The van der Waals surface area contributed by atoms with Crippen molar-refractivity contribution in [2.24, 2.45) is 0 Å². The molecule has 0 atom stereocenters. The van der Waals surface area contributed by atoms with Gasteiger partial charge in [-0.05, 0) is 44.2 Å². The van der Waals surface area contributed by atoms with E-state index in [-0.39, 0.29) is 17.0 Å². The third-order valence-corrected chi connectivity index (χ3v) is 3.55. The molecule has 0 unspecified atom stereocenters. The molecule has 2 rings (SSSR count). The van der Waals surface area contributed by atoms with Crippen molar-refractivity contribution < 1.29 is 24.0 Å². The summed E-state index contributed by atoms with van der Waals surface area (Å²) in [5, 5.41) is 13.4. The van der Waals surface area contributed by atoms with E-state index in [1.807, 2.05) is 0 Å². The van der Waals surface area contributed by atoms with Crippen LogP contribution in [0.3, 0.4) is 0 Å². The molecule has 1 N–H and O–H groups in total. The Labute approximate surface area is 148 Å². The molecule has 0 bridgehead atoms. The van der Waals surface area contributed by atoms with Crippen molar-refractivity contribution >= 4 is 29.0 Å². The van der Waals surface area contributed by atoms with Crippen molar-refractivity contribution in [2.45, 2.75) is 13.8 Å². The van der Waals surface area contributed by atoms with E-state index in [9.17, 15) is 24.5 Å². The number of hydrogen-bond donors (Lipinski definition) is 1. The number of Topliss-reactive ketones (excluding diaryl/α,β-unsaturated/α-hetero) is 1. The predicted molar refractivity (Wildman–Crippen MR) is 93.2 cm³/mol. The van der Waals surface area contributed by atoms with Crippen molar-refractivity contribution in [3.63, 3.8) is 0 Å². The van der Waals surface area contributed by atoms with E-state index < -0.39 is 23.4 Å². The second-order valence-electron chi connectivity index (χ2n) is 5.52. The maximum atomic E-state index is 11.9. The fourth-order valence-corrected chi connectivity index (χ4v) is 2.13. The average molecular weight is 356 g/mol. The number of nitrogens with zero attached hydrogens (tertiary/aromatic N) is 1. The largest absolute Gasteiger partial charge is 0.452 e. The third kappa shape index (κ3) is 4.73. The van der Waals surface area contributed by atoms with E-state index >= 15 is 0 Å². The summed E-state index contributed by atoms with van der Waals surface area (Å²) in [5.41, 5.74) is 1.16. The Balaban J connectivity index is 1.94. The summed E-state index contributed by atoms with van der Waals surface area (Å²) in [7, 11) is 0. The summed E-state index contributed by atoms with van der Waals surface area (Å²) in [6.07, 6.45) is 0. The quantitative estimate of drug-likeness (QED) is 0.368. The summed E-state index contributed by atoms with van der Waals surface area (Å²) < 4.78 is 4.87. The second kappa shape index (κ2) is 8.02. The van der Waals surface area contributed by atoms with Crippen LogP contribution < -0.4 is 5.32 Å². The van der Waals surface area contributed by atoms with Crippen molar-refractivity contribution in [3.8, 4) is 0 Å². The number of esters is 1. The summed E-state index contributed by atoms with van der Waals surface area (Å²) in [4.78, 5) is 45.3. The minimum atomic E-state index is -0.838. The lowest BCUT2D eigenvalue weighted by Crippen LogP contribution is -2.21. The van der Waals surface area contributed by atoms with E-state index in [0.717, 1.165) is 6.07 Å². The normalized spacial score (nSPS) is 10.1. The summed E-state index contributed by atoms with van der Waals surface area (Å²) in [6, 6.07) is 10.2. The lowest BCUT2D eigenvalue weighted by Gasteiger charge is -2.07. The summed E-state index contributed by atoms with van der Waals surface area (Å²) >= 11 is 0. The maximum Gasteiger partial charge on any atom is 0.338 e. The molecule has 0 saturated heterocycles. The van der Waals surface area contributed by atoms with Crippen molar-refractivity contribution in [3.05, 3.63) is 69.3 Å². The van der Waals surface area contributed by atoms with Gasteiger partial charge in [0.1, 0.15) is 0 Å². The molecule has 8 nitrogen and oxygen atoms in total. The zero-order chi connectivity index (χ0) is 19.3. The number of amides is 1. The van der Waals surface area contributed by atoms with Gasteiger partial charge in [0.2, 0.25) is 0 Å². The van der Waals surface area contributed by atoms with Crippen LogP contribution in [0.15, 0.2) is 42.5 Å². The summed E-state index contributed by atoms with van der Waals surface area (Å²) in [6.45, 7) is 2.44. The van der Waals surface area contributed by atoms with E-state index in [2.05, 4.69) is 5.32 Å². The Bertz CT molecular complexity index is 874. The van der Waals surface area contributed by atoms with Gasteiger partial charge >= 0.3 is 5.97 Å². The van der Waals surface area contributed by atoms with Gasteiger partial charge in [-0.3, -0.25) is 19.7 Å². The topological polar surface area (TPSA) is 116 Å². The fourth-order valence-electron chi connectivity index (χ4n) is 2.13. The molecular weight excluding hydrogens is 340 g/mol. The number of ketones is 1. The molecule has 2 aromatic carbocycles. The smallest absolute Gasteiger partial charge is 0.338 e. The summed E-state index contributed by atoms with van der Waals surface area (Å²) in [5.74, 6) is -1.50. The molecule has 134 valence electrons. The number of nitrogens with one attached hydrogen (secondary N) is 1. The predicted octanol–water partition coefficient (Wildman–Crippen LogP) is 2.90. The fraction of sp³-hybridized carbons (Fsp3) is 0.167. The van der Waals surface area contributed by atoms with E-state index in [1.54, 1.807) is 31.2 Å². The Hall–Kier alpha value is -3.55. The minimum absolute atomic E-state index is 0.0130. The number of anilines is 1. The zero-order valence-electron chi connectivity index (χ0n) is 14.1. The lowest BCUT2D eigenvalue weighted by molar-refractivity contribution is -0.385. The average Bonchev–Trinajstić information content (AvgIpc) is 2.60. The highest BCUT2D eigenvalue weighted by molar-refractivity contribution is 5.97. The molecule has 8 heteroatoms. The minimum Gasteiger partial charge on any atom is -0.452 e. The number of ether oxygens (including phenoxy) is 1. The number of aryl methyl sites for hydroxylation is 1. The first-order chi connectivity index (χ1) is 12.3. The van der Waals surface area contributed by atoms with Gasteiger partial charge in [-0.25, -0.2) is 4.79 Å². The molecule has 2 aromatic rings. The SMILES string of the molecule is CC(=O)c1ccc(NC(=O)COC(=O)c2ccc(C)c([N+](=O)[O-])c2)cc1. The molecule has 26 heavy (non-hydrogen) atoms. The monoisotopic (exact) mass is 356 g/mol. The first-order valence-corrected chi connectivity index (χ1v) is 7.61. The highest BCUT2D eigenvalue weighted by atomic mass is 16.6. The van der Waals surface area contributed by atoms with Crippen LogP contribution in [0.1, 0.15) is 33.2 Å². The van der Waals surface area contributed by atoms with Crippen molar-refractivity contribution in [1.82, 2.24) is 0 Å². The van der Waals surface area contributed by atoms with Gasteiger partial charge in [0.15, 0.2) is 12.4 Å². The van der Waals surface area contributed by atoms with Crippen molar-refractivity contribution in [2.75, 3.05) is 11.9 Å². The van der Waals surface area contributed by atoms with Crippen molar-refractivity contribution in [1.29, 1.82) is 0 Å². The Morgan fingerprint density at radius 2 is 1.69 bits per heavy atom. The molecular formula is C18H16N2O6. The second-order valence-corrected chi connectivity index (χ2v) is 5.52. The molecule has 0 aliphatic heterocycles. The first kappa shape index (κ1) is 18.8. The van der Waals surface area contributed by atoms with Crippen LogP contribution in [0.4, 0.5) is 11.4 Å². The van der Waals surface area contributed by atoms with Crippen LogP contribution in [0.2, 0.25) is 0 Å². The van der Waals surface area contributed by atoms with Crippen LogP contribution in [-0.4, -0.2) is 29.2 Å². The standard InChI is InChI=1S/C18H16N2O6/c1-11-3-4-14(9-16(11)20(24)25)18(23)26-10-17(22)19-15-7-5-13(6-8-15)12(2)21/h3-9H,10H2,1-2H3,(H,19,22). The highest BCUT2D eigenvalue weighted by Crippen LogP contribution is 2.19. The van der Waals surface area contributed by atoms with Gasteiger partial charge in [0, 0.05) is 22.9 Å². The van der Waals surface area contributed by atoms with Gasteiger partial charge < -0.3 is 10.1 Å². The Morgan fingerprint density at radius 3 is 2.27 bits per heavy atom. The van der Waals surface area contributed by atoms with E-state index in [4.69, 9.17) is 4.74 Å². The number of benzene rings is 2. The van der Waals surface area contributed by atoms with Gasteiger partial charge in [0.25, 0.3) is 11.6 Å². The first-order valence-electron chi connectivity index (χ1n) is 7.61. The van der Waals surface area contributed by atoms with Crippen LogP contribution in [-0.2, 0) is 9.53 Å². The highest BCUT2D eigenvalue weighted by Gasteiger charge is 2.17. The molecule has 0 saturated carbocycles. The third-order valence-electron chi connectivity index (χ3n) is 3.55. The number of rotatable bonds is 6. The lowest BCUT2D eigenvalue weighted by atomic mass is 10.1. The Morgan fingerprint density at radius 1 is 1.08 bits per heavy atom.